The lowest BCUT2D eigenvalue weighted by molar-refractivity contribution is -0.139. The predicted octanol–water partition coefficient (Wildman–Crippen LogP) is 4.10. The molecule has 0 heterocycles. The molecule has 0 aromatic heterocycles. The van der Waals surface area contributed by atoms with Gasteiger partial charge in [0.2, 0.25) is 21.8 Å². The molecule has 8 nitrogen and oxygen atoms in total. The average molecular weight is 545 g/mol. The number of benzene rings is 2. The maximum atomic E-state index is 13.6. The molecule has 2 aromatic rings. The van der Waals surface area contributed by atoms with Crippen LogP contribution in [0.2, 0.25) is 10.0 Å². The number of nitrogens with one attached hydrogen (secondary N) is 1. The number of methoxy groups -OCH3 is 1. The molecule has 192 valence electrons. The maximum absolute atomic E-state index is 13.6. The van der Waals surface area contributed by atoms with Crippen molar-refractivity contribution in [2.75, 3.05) is 24.2 Å². The Bertz CT molecular complexity index is 1160. The summed E-state index contributed by atoms with van der Waals surface area (Å²) in [5.74, 6) is -0.320. The minimum Gasteiger partial charge on any atom is -0.497 e. The van der Waals surface area contributed by atoms with Crippen molar-refractivity contribution in [2.24, 2.45) is 0 Å². The fourth-order valence-electron chi connectivity index (χ4n) is 3.29. The van der Waals surface area contributed by atoms with Gasteiger partial charge in [0.05, 0.1) is 24.1 Å². The summed E-state index contributed by atoms with van der Waals surface area (Å²) in [5.41, 5.74) is 0.835. The highest BCUT2D eigenvalue weighted by atomic mass is 35.5. The van der Waals surface area contributed by atoms with Gasteiger partial charge in [0.25, 0.3) is 0 Å². The largest absolute Gasteiger partial charge is 0.497 e. The first-order valence-corrected chi connectivity index (χ1v) is 13.6. The lowest BCUT2D eigenvalue weighted by Gasteiger charge is -2.32. The van der Waals surface area contributed by atoms with Gasteiger partial charge in [0, 0.05) is 17.6 Å². The summed E-state index contributed by atoms with van der Waals surface area (Å²) in [6.45, 7) is 4.93. The number of carbonyl (C=O) groups is 2. The Morgan fingerprint density at radius 1 is 1.11 bits per heavy atom. The summed E-state index contributed by atoms with van der Waals surface area (Å²) in [4.78, 5) is 27.8. The van der Waals surface area contributed by atoms with E-state index < -0.39 is 28.5 Å². The Morgan fingerprint density at radius 2 is 1.80 bits per heavy atom. The first-order chi connectivity index (χ1) is 16.4. The third-order valence-corrected chi connectivity index (χ3v) is 7.18. The van der Waals surface area contributed by atoms with Crippen LogP contribution in [0.25, 0.3) is 0 Å². The molecule has 0 aliphatic carbocycles. The molecular weight excluding hydrogens is 513 g/mol. The summed E-state index contributed by atoms with van der Waals surface area (Å²) < 4.78 is 31.4. The summed E-state index contributed by atoms with van der Waals surface area (Å²) in [5, 5.41) is 3.29. The summed E-state index contributed by atoms with van der Waals surface area (Å²) in [6.07, 6.45) is 1.70. The molecule has 0 saturated heterocycles. The SMILES string of the molecule is CC[C@H](C)NC(=O)[C@H](C)N(Cc1cccc(OC)c1)C(=O)CN(c1ccc(Cl)cc1Cl)S(C)(=O)=O. The van der Waals surface area contributed by atoms with Crippen LogP contribution in [0.5, 0.6) is 5.75 Å². The van der Waals surface area contributed by atoms with Crippen LogP contribution in [-0.2, 0) is 26.2 Å². The molecule has 0 aliphatic rings. The third kappa shape index (κ3) is 8.02. The Hall–Kier alpha value is -2.49. The van der Waals surface area contributed by atoms with Crippen LogP contribution < -0.4 is 14.4 Å². The normalized spacial score (nSPS) is 13.0. The maximum Gasteiger partial charge on any atom is 0.244 e. The van der Waals surface area contributed by atoms with E-state index in [2.05, 4.69) is 5.32 Å². The fraction of sp³-hybridized carbons (Fsp3) is 0.417. The van der Waals surface area contributed by atoms with Gasteiger partial charge in [-0.3, -0.25) is 13.9 Å². The van der Waals surface area contributed by atoms with Crippen molar-refractivity contribution in [1.82, 2.24) is 10.2 Å². The average Bonchev–Trinajstić information content (AvgIpc) is 2.80. The minimum absolute atomic E-state index is 0.0665. The van der Waals surface area contributed by atoms with Gasteiger partial charge in [-0.1, -0.05) is 42.3 Å². The zero-order chi connectivity index (χ0) is 26.3. The topological polar surface area (TPSA) is 96.0 Å². The van der Waals surface area contributed by atoms with Gasteiger partial charge in [0.1, 0.15) is 18.3 Å². The molecular formula is C24H31Cl2N3O5S. The van der Waals surface area contributed by atoms with Crippen LogP contribution in [0.4, 0.5) is 5.69 Å². The van der Waals surface area contributed by atoms with Gasteiger partial charge in [-0.15, -0.1) is 0 Å². The van der Waals surface area contributed by atoms with Crippen LogP contribution in [0.1, 0.15) is 32.8 Å². The smallest absolute Gasteiger partial charge is 0.244 e. The minimum atomic E-state index is -3.90. The Morgan fingerprint density at radius 3 is 2.37 bits per heavy atom. The first kappa shape index (κ1) is 28.7. The van der Waals surface area contributed by atoms with Gasteiger partial charge >= 0.3 is 0 Å². The number of amides is 2. The van der Waals surface area contributed by atoms with E-state index in [-0.39, 0.29) is 29.2 Å². The number of sulfonamides is 1. The number of carbonyl (C=O) groups excluding carboxylic acids is 2. The van der Waals surface area contributed by atoms with Crippen molar-refractivity contribution in [1.29, 1.82) is 0 Å². The molecule has 0 fully saturated rings. The van der Waals surface area contributed by atoms with Crippen LogP contribution in [0, 0.1) is 0 Å². The molecule has 0 unspecified atom stereocenters. The van der Waals surface area contributed by atoms with Crippen molar-refractivity contribution in [3.63, 3.8) is 0 Å². The molecule has 0 spiro atoms. The number of anilines is 1. The van der Waals surface area contributed by atoms with Crippen molar-refractivity contribution in [3.05, 3.63) is 58.1 Å². The second-order valence-electron chi connectivity index (χ2n) is 8.23. The standard InChI is InChI=1S/C24H31Cl2N3O5S/c1-6-16(2)27-24(31)17(3)28(14-18-8-7-9-20(12-18)34-4)23(30)15-29(35(5,32)33)22-11-10-19(25)13-21(22)26/h7-13,16-17H,6,14-15H2,1-5H3,(H,27,31)/t16-,17-/m0/s1. The molecule has 2 atom stereocenters. The van der Waals surface area contributed by atoms with E-state index in [1.807, 2.05) is 13.8 Å². The van der Waals surface area contributed by atoms with E-state index >= 15 is 0 Å². The second-order valence-corrected chi connectivity index (χ2v) is 11.0. The summed E-state index contributed by atoms with van der Waals surface area (Å²) in [6, 6.07) is 10.5. The van der Waals surface area contributed by atoms with Gasteiger partial charge in [-0.2, -0.15) is 0 Å². The molecule has 2 rings (SSSR count). The monoisotopic (exact) mass is 543 g/mol. The van der Waals surface area contributed by atoms with E-state index in [0.717, 1.165) is 22.5 Å². The van der Waals surface area contributed by atoms with Gasteiger partial charge in [0.15, 0.2) is 0 Å². The lowest BCUT2D eigenvalue weighted by atomic mass is 10.1. The van der Waals surface area contributed by atoms with Crippen LogP contribution in [0.15, 0.2) is 42.5 Å². The zero-order valence-corrected chi connectivity index (χ0v) is 22.7. The Labute approximate surface area is 217 Å². The highest BCUT2D eigenvalue weighted by Crippen LogP contribution is 2.30. The van der Waals surface area contributed by atoms with E-state index in [1.54, 1.807) is 31.2 Å². The van der Waals surface area contributed by atoms with E-state index in [1.165, 1.54) is 30.2 Å². The highest BCUT2D eigenvalue weighted by molar-refractivity contribution is 7.92. The van der Waals surface area contributed by atoms with Crippen LogP contribution in [0.3, 0.4) is 0 Å². The number of halogens is 2. The zero-order valence-electron chi connectivity index (χ0n) is 20.4. The van der Waals surface area contributed by atoms with Gasteiger partial charge in [-0.25, -0.2) is 8.42 Å². The number of hydrogen-bond donors (Lipinski definition) is 1. The molecule has 2 aromatic carbocycles. The summed E-state index contributed by atoms with van der Waals surface area (Å²) >= 11 is 12.2. The van der Waals surface area contributed by atoms with Crippen molar-refractivity contribution < 1.29 is 22.7 Å². The van der Waals surface area contributed by atoms with E-state index in [4.69, 9.17) is 27.9 Å². The number of nitrogens with zero attached hydrogens (tertiary/aromatic N) is 2. The van der Waals surface area contributed by atoms with Crippen molar-refractivity contribution >= 4 is 50.7 Å². The van der Waals surface area contributed by atoms with Gasteiger partial charge < -0.3 is 15.0 Å². The Balaban J connectivity index is 2.43. The van der Waals surface area contributed by atoms with Crippen LogP contribution >= 0.6 is 23.2 Å². The van der Waals surface area contributed by atoms with Crippen LogP contribution in [-0.4, -0.2) is 57.1 Å². The quantitative estimate of drug-likeness (QED) is 0.460. The summed E-state index contributed by atoms with van der Waals surface area (Å²) in [7, 11) is -2.36. The number of hydrogen-bond acceptors (Lipinski definition) is 5. The molecule has 2 amide bonds. The molecule has 0 bridgehead atoms. The fourth-order valence-corrected chi connectivity index (χ4v) is 4.72. The second kappa shape index (κ2) is 12.5. The van der Waals surface area contributed by atoms with E-state index in [9.17, 15) is 18.0 Å². The number of ether oxygens (including phenoxy) is 1. The molecule has 35 heavy (non-hydrogen) atoms. The molecule has 0 saturated carbocycles. The first-order valence-electron chi connectivity index (χ1n) is 11.0. The Kier molecular flexibility index (Phi) is 10.2. The van der Waals surface area contributed by atoms with Crippen molar-refractivity contribution in [3.8, 4) is 5.75 Å². The highest BCUT2D eigenvalue weighted by Gasteiger charge is 2.31. The number of rotatable bonds is 11. The molecule has 0 radical (unpaired) electrons. The molecule has 0 aliphatic heterocycles. The van der Waals surface area contributed by atoms with Crippen molar-refractivity contribution in [2.45, 2.75) is 45.8 Å². The van der Waals surface area contributed by atoms with Gasteiger partial charge in [-0.05, 0) is 56.2 Å². The lowest BCUT2D eigenvalue weighted by Crippen LogP contribution is -2.52. The third-order valence-electron chi connectivity index (χ3n) is 5.51. The molecule has 1 N–H and O–H groups in total. The van der Waals surface area contributed by atoms with E-state index in [0.29, 0.717) is 10.8 Å². The predicted molar refractivity (Wildman–Crippen MR) is 140 cm³/mol. The molecule has 11 heteroatoms.